The number of hydrogen-bond acceptors (Lipinski definition) is 5. The van der Waals surface area contributed by atoms with Gasteiger partial charge in [0, 0.05) is 91.6 Å². The third kappa shape index (κ3) is 5.38. The average Bonchev–Trinajstić information content (AvgIpc) is 3.27. The Morgan fingerprint density at radius 2 is 1.73 bits per heavy atom. The maximum Gasteiger partial charge on any atom is 0.256 e. The summed E-state index contributed by atoms with van der Waals surface area (Å²) in [6.07, 6.45) is 3.79. The first-order valence-electron chi connectivity index (χ1n) is 12.9. The van der Waals surface area contributed by atoms with Gasteiger partial charge in [-0.25, -0.2) is 4.98 Å². The van der Waals surface area contributed by atoms with E-state index < -0.39 is 0 Å². The molecule has 7 heteroatoms. The number of anilines is 3. The zero-order valence-electron chi connectivity index (χ0n) is 22.3. The van der Waals surface area contributed by atoms with E-state index in [1.807, 2.05) is 38.4 Å². The van der Waals surface area contributed by atoms with E-state index in [0.29, 0.717) is 29.5 Å². The number of rotatable bonds is 6. The highest BCUT2D eigenvalue weighted by molar-refractivity contribution is 6.04. The Morgan fingerprint density at radius 1 is 1.03 bits per heavy atom. The smallest absolute Gasteiger partial charge is 0.256 e. The van der Waals surface area contributed by atoms with Gasteiger partial charge in [-0.3, -0.25) is 9.69 Å². The number of aromatic nitrogens is 2. The minimum Gasteiger partial charge on any atom is -0.351 e. The molecule has 0 bridgehead atoms. The van der Waals surface area contributed by atoms with Crippen LogP contribution >= 0.6 is 0 Å². The van der Waals surface area contributed by atoms with Crippen molar-refractivity contribution >= 4 is 34.0 Å². The Morgan fingerprint density at radius 3 is 2.46 bits per heavy atom. The topological polar surface area (TPSA) is 65.4 Å². The zero-order valence-corrected chi connectivity index (χ0v) is 22.3. The fourth-order valence-corrected chi connectivity index (χ4v) is 5.32. The first-order chi connectivity index (χ1) is 17.8. The number of aryl methyl sites for hydroxylation is 1. The molecule has 1 fully saturated rings. The van der Waals surface area contributed by atoms with Gasteiger partial charge in [-0.15, -0.1) is 0 Å². The van der Waals surface area contributed by atoms with Crippen LogP contribution in [0.15, 0.2) is 73.1 Å². The lowest BCUT2D eigenvalue weighted by molar-refractivity contribution is 0.102. The molecule has 2 N–H and O–H groups in total. The summed E-state index contributed by atoms with van der Waals surface area (Å²) >= 11 is 0. The van der Waals surface area contributed by atoms with E-state index in [1.54, 1.807) is 6.20 Å². The molecule has 4 aromatic rings. The number of piperazine rings is 1. The molecule has 0 saturated carbocycles. The van der Waals surface area contributed by atoms with Gasteiger partial charge in [0.15, 0.2) is 0 Å². The number of benzene rings is 2. The summed E-state index contributed by atoms with van der Waals surface area (Å²) < 4.78 is 2.11. The number of carbonyl (C=O) groups excluding carboxylic acids is 1. The van der Waals surface area contributed by atoms with Gasteiger partial charge in [0.1, 0.15) is 5.82 Å². The van der Waals surface area contributed by atoms with Crippen molar-refractivity contribution in [1.82, 2.24) is 19.8 Å². The lowest BCUT2D eigenvalue weighted by atomic mass is 10.0. The van der Waals surface area contributed by atoms with Crippen LogP contribution in [0.1, 0.15) is 42.7 Å². The van der Waals surface area contributed by atoms with E-state index in [9.17, 15) is 4.79 Å². The Kier molecular flexibility index (Phi) is 7.00. The predicted octanol–water partition coefficient (Wildman–Crippen LogP) is 5.34. The van der Waals surface area contributed by atoms with Crippen molar-refractivity contribution < 1.29 is 4.79 Å². The standard InChI is InChI=1S/C30H36N6O/c1-20-18-36(19-21(2)32-20)22(3)23-6-8-24(9-7-23)30(37)33-29-17-27(12-14-31-29)35(5)26-10-11-28-25(16-26)13-15-34(28)4/h6-17,20-22,32H,18-19H2,1-5H3,(H,31,33,37). The summed E-state index contributed by atoms with van der Waals surface area (Å²) in [6, 6.07) is 21.5. The minimum atomic E-state index is -0.165. The van der Waals surface area contributed by atoms with Gasteiger partial charge in [-0.1, -0.05) is 12.1 Å². The highest BCUT2D eigenvalue weighted by Gasteiger charge is 2.25. The molecular weight excluding hydrogens is 460 g/mol. The molecule has 37 heavy (non-hydrogen) atoms. The third-order valence-electron chi connectivity index (χ3n) is 7.42. The fraction of sp³-hybridized carbons (Fsp3) is 0.333. The first-order valence-corrected chi connectivity index (χ1v) is 12.9. The summed E-state index contributed by atoms with van der Waals surface area (Å²) in [4.78, 5) is 22.0. The molecular formula is C30H36N6O. The van der Waals surface area contributed by atoms with E-state index in [1.165, 1.54) is 16.5 Å². The SMILES string of the molecule is CC1CN(C(C)c2ccc(C(=O)Nc3cc(N(C)c4ccc5c(ccn5C)c4)ccn3)cc2)CC(C)N1. The number of hydrogen-bond donors (Lipinski definition) is 2. The number of pyridine rings is 1. The summed E-state index contributed by atoms with van der Waals surface area (Å²) in [5.74, 6) is 0.359. The van der Waals surface area contributed by atoms with Crippen LogP contribution in [0, 0.1) is 0 Å². The monoisotopic (exact) mass is 496 g/mol. The Hall–Kier alpha value is -3.68. The van der Waals surface area contributed by atoms with Gasteiger partial charge in [-0.2, -0.15) is 0 Å². The molecule has 1 amide bonds. The third-order valence-corrected chi connectivity index (χ3v) is 7.42. The average molecular weight is 497 g/mol. The maximum atomic E-state index is 13.0. The molecule has 5 rings (SSSR count). The second-order valence-electron chi connectivity index (χ2n) is 10.3. The van der Waals surface area contributed by atoms with Crippen molar-refractivity contribution in [2.75, 3.05) is 30.4 Å². The molecule has 1 aliphatic heterocycles. The van der Waals surface area contributed by atoms with Crippen LogP contribution in [0.4, 0.5) is 17.2 Å². The lowest BCUT2D eigenvalue weighted by Gasteiger charge is -2.39. The molecule has 2 aromatic heterocycles. The second-order valence-corrected chi connectivity index (χ2v) is 10.3. The van der Waals surface area contributed by atoms with Gasteiger partial charge in [-0.05, 0) is 68.8 Å². The molecule has 7 nitrogen and oxygen atoms in total. The van der Waals surface area contributed by atoms with Crippen LogP contribution in [0.25, 0.3) is 10.9 Å². The van der Waals surface area contributed by atoms with Gasteiger partial charge >= 0.3 is 0 Å². The Balaban J connectivity index is 1.26. The van der Waals surface area contributed by atoms with Gasteiger partial charge in [0.05, 0.1) is 0 Å². The van der Waals surface area contributed by atoms with Crippen LogP contribution < -0.4 is 15.5 Å². The first kappa shape index (κ1) is 25.0. The molecule has 3 heterocycles. The van der Waals surface area contributed by atoms with Gasteiger partial charge in [0.25, 0.3) is 5.91 Å². The number of fused-ring (bicyclic) bond motifs is 1. The Labute approximate surface area is 219 Å². The van der Waals surface area contributed by atoms with Gasteiger partial charge < -0.3 is 20.1 Å². The van der Waals surface area contributed by atoms with Crippen LogP contribution in [0.5, 0.6) is 0 Å². The van der Waals surface area contributed by atoms with E-state index in [0.717, 1.165) is 24.5 Å². The number of nitrogens with one attached hydrogen (secondary N) is 2. The van der Waals surface area contributed by atoms with Crippen LogP contribution in [0.2, 0.25) is 0 Å². The van der Waals surface area contributed by atoms with Crippen LogP contribution in [-0.2, 0) is 7.05 Å². The molecule has 2 aromatic carbocycles. The molecule has 1 saturated heterocycles. The van der Waals surface area contributed by atoms with E-state index in [2.05, 4.69) is 93.4 Å². The van der Waals surface area contributed by atoms with Crippen molar-refractivity contribution in [1.29, 1.82) is 0 Å². The number of carbonyl (C=O) groups is 1. The molecule has 1 aliphatic rings. The number of nitrogens with zero attached hydrogens (tertiary/aromatic N) is 4. The molecule has 0 aliphatic carbocycles. The summed E-state index contributed by atoms with van der Waals surface area (Å²) in [5.41, 5.74) is 5.05. The van der Waals surface area contributed by atoms with Crippen LogP contribution in [0.3, 0.4) is 0 Å². The van der Waals surface area contributed by atoms with Crippen LogP contribution in [-0.4, -0.2) is 52.6 Å². The van der Waals surface area contributed by atoms with E-state index >= 15 is 0 Å². The molecule has 0 spiro atoms. The van der Waals surface area contributed by atoms with Crippen molar-refractivity contribution in [2.24, 2.45) is 7.05 Å². The fourth-order valence-electron chi connectivity index (χ4n) is 5.32. The molecule has 0 radical (unpaired) electrons. The summed E-state index contributed by atoms with van der Waals surface area (Å²) in [5, 5.41) is 7.74. The second kappa shape index (κ2) is 10.4. The maximum absolute atomic E-state index is 13.0. The molecule has 3 unspecified atom stereocenters. The van der Waals surface area contributed by atoms with Gasteiger partial charge in [0.2, 0.25) is 0 Å². The van der Waals surface area contributed by atoms with Crippen molar-refractivity contribution in [3.63, 3.8) is 0 Å². The van der Waals surface area contributed by atoms with Crippen molar-refractivity contribution in [3.05, 3.63) is 84.2 Å². The summed E-state index contributed by atoms with van der Waals surface area (Å²) in [7, 11) is 4.07. The summed E-state index contributed by atoms with van der Waals surface area (Å²) in [6.45, 7) is 8.73. The van der Waals surface area contributed by atoms with Crippen molar-refractivity contribution in [3.8, 4) is 0 Å². The minimum absolute atomic E-state index is 0.165. The lowest BCUT2D eigenvalue weighted by Crippen LogP contribution is -2.54. The molecule has 3 atom stereocenters. The molecule has 192 valence electrons. The highest BCUT2D eigenvalue weighted by Crippen LogP contribution is 2.29. The van der Waals surface area contributed by atoms with E-state index in [4.69, 9.17) is 0 Å². The van der Waals surface area contributed by atoms with E-state index in [-0.39, 0.29) is 5.91 Å². The zero-order chi connectivity index (χ0) is 26.1. The highest BCUT2D eigenvalue weighted by atomic mass is 16.1. The predicted molar refractivity (Wildman–Crippen MR) is 152 cm³/mol. The number of amides is 1. The Bertz CT molecular complexity index is 1380. The largest absolute Gasteiger partial charge is 0.351 e. The quantitative estimate of drug-likeness (QED) is 0.377. The normalized spacial score (nSPS) is 19.1. The van der Waals surface area contributed by atoms with Crippen molar-refractivity contribution in [2.45, 2.75) is 38.9 Å².